The molecule has 1 aromatic carbocycles. The summed E-state index contributed by atoms with van der Waals surface area (Å²) in [4.78, 5) is 9.94. The number of benzene rings is 1. The molecule has 6 nitrogen and oxygen atoms in total. The zero-order chi connectivity index (χ0) is 18.2. The Bertz CT molecular complexity index is 733. The molecule has 0 aliphatic heterocycles. The van der Waals surface area contributed by atoms with E-state index in [1.807, 2.05) is 18.3 Å². The van der Waals surface area contributed by atoms with Gasteiger partial charge in [0.25, 0.3) is 0 Å². The van der Waals surface area contributed by atoms with Crippen LogP contribution in [-0.2, 0) is 19.5 Å². The Morgan fingerprint density at radius 1 is 1.20 bits per heavy atom. The molecule has 0 radical (unpaired) electrons. The summed E-state index contributed by atoms with van der Waals surface area (Å²) >= 11 is 5.28. The first-order valence-electron chi connectivity index (χ1n) is 7.89. The fourth-order valence-corrected chi connectivity index (χ4v) is 3.45. The van der Waals surface area contributed by atoms with Gasteiger partial charge in [0.2, 0.25) is 0 Å². The van der Waals surface area contributed by atoms with E-state index in [0.29, 0.717) is 24.6 Å². The molecule has 0 aliphatic carbocycles. The van der Waals surface area contributed by atoms with Crippen LogP contribution in [0.5, 0.6) is 11.5 Å². The van der Waals surface area contributed by atoms with Gasteiger partial charge in [-0.15, -0.1) is 11.3 Å². The third kappa shape index (κ3) is 5.34. The van der Waals surface area contributed by atoms with Crippen molar-refractivity contribution < 1.29 is 9.47 Å². The lowest BCUT2D eigenvalue weighted by Gasteiger charge is -2.14. The molecule has 1 aromatic heterocycles. The second-order valence-electron chi connectivity index (χ2n) is 5.15. The molecule has 8 heteroatoms. The second kappa shape index (κ2) is 9.62. The van der Waals surface area contributed by atoms with Gasteiger partial charge in [0.1, 0.15) is 5.01 Å². The normalized spacial score (nSPS) is 11.3. The summed E-state index contributed by atoms with van der Waals surface area (Å²) in [6.07, 6.45) is 2.94. The van der Waals surface area contributed by atoms with Crippen molar-refractivity contribution in [3.63, 3.8) is 0 Å². The molecule has 2 N–H and O–H groups in total. The number of halogens is 1. The largest absolute Gasteiger partial charge is 0.493 e. The number of methoxy groups -OCH3 is 2. The van der Waals surface area contributed by atoms with Gasteiger partial charge in [0.15, 0.2) is 17.5 Å². The molecule has 0 aliphatic rings. The van der Waals surface area contributed by atoms with Crippen molar-refractivity contribution in [1.82, 2.24) is 15.6 Å². The van der Waals surface area contributed by atoms with E-state index in [4.69, 9.17) is 9.47 Å². The number of thiazole rings is 1. The highest BCUT2D eigenvalue weighted by atomic mass is 79.9. The summed E-state index contributed by atoms with van der Waals surface area (Å²) in [5.41, 5.74) is 1.04. The van der Waals surface area contributed by atoms with Crippen molar-refractivity contribution in [2.75, 3.05) is 21.3 Å². The van der Waals surface area contributed by atoms with Crippen LogP contribution in [0, 0.1) is 0 Å². The Morgan fingerprint density at radius 2 is 1.88 bits per heavy atom. The van der Waals surface area contributed by atoms with Gasteiger partial charge in [0, 0.05) is 29.1 Å². The summed E-state index contributed by atoms with van der Waals surface area (Å²) in [6, 6.07) is 3.84. The fourth-order valence-electron chi connectivity index (χ4n) is 2.18. The number of aromatic nitrogens is 1. The van der Waals surface area contributed by atoms with E-state index in [9.17, 15) is 0 Å². The van der Waals surface area contributed by atoms with Gasteiger partial charge in [-0.2, -0.15) is 0 Å². The Morgan fingerprint density at radius 3 is 2.48 bits per heavy atom. The van der Waals surface area contributed by atoms with Crippen LogP contribution < -0.4 is 20.1 Å². The van der Waals surface area contributed by atoms with E-state index in [0.717, 1.165) is 27.4 Å². The number of guanidine groups is 1. The molecule has 0 bridgehead atoms. The van der Waals surface area contributed by atoms with Crippen molar-refractivity contribution in [3.05, 3.63) is 38.3 Å². The van der Waals surface area contributed by atoms with Crippen molar-refractivity contribution in [2.24, 2.45) is 4.99 Å². The Kier molecular flexibility index (Phi) is 7.52. The fraction of sp³-hybridized carbons (Fsp3) is 0.412. The number of hydrogen-bond acceptors (Lipinski definition) is 5. The van der Waals surface area contributed by atoms with E-state index < -0.39 is 0 Å². The van der Waals surface area contributed by atoms with Gasteiger partial charge in [-0.25, -0.2) is 4.98 Å². The van der Waals surface area contributed by atoms with Crippen molar-refractivity contribution in [2.45, 2.75) is 26.4 Å². The molecule has 0 saturated heterocycles. The Labute approximate surface area is 160 Å². The molecule has 0 fully saturated rings. The highest BCUT2D eigenvalue weighted by Gasteiger charge is 2.10. The van der Waals surface area contributed by atoms with Crippen molar-refractivity contribution in [3.8, 4) is 11.5 Å². The maximum Gasteiger partial charge on any atom is 0.191 e. The molecule has 1 heterocycles. The molecule has 2 rings (SSSR count). The summed E-state index contributed by atoms with van der Waals surface area (Å²) in [7, 11) is 5.00. The molecule has 0 unspecified atom stereocenters. The third-order valence-corrected chi connectivity index (χ3v) is 5.46. The monoisotopic (exact) mass is 426 g/mol. The lowest BCUT2D eigenvalue weighted by Crippen LogP contribution is -2.36. The first-order chi connectivity index (χ1) is 12.1. The number of hydrogen-bond donors (Lipinski definition) is 2. The molecule has 0 saturated carbocycles. The zero-order valence-electron chi connectivity index (χ0n) is 14.9. The predicted octanol–water partition coefficient (Wildman–Crippen LogP) is 3.35. The molecule has 0 amide bonds. The molecular formula is C17H23BrN4O2S. The molecule has 0 spiro atoms. The number of rotatable bonds is 7. The highest BCUT2D eigenvalue weighted by Crippen LogP contribution is 2.33. The minimum absolute atomic E-state index is 0.596. The third-order valence-electron chi connectivity index (χ3n) is 3.58. The van der Waals surface area contributed by atoms with Gasteiger partial charge in [-0.1, -0.05) is 22.9 Å². The lowest BCUT2D eigenvalue weighted by atomic mass is 10.2. The summed E-state index contributed by atoms with van der Waals surface area (Å²) < 4.78 is 11.6. The number of aryl methyl sites for hydroxylation is 1. The van der Waals surface area contributed by atoms with Crippen LogP contribution in [0.4, 0.5) is 0 Å². The maximum atomic E-state index is 5.36. The number of ether oxygens (including phenoxy) is 2. The first kappa shape index (κ1) is 19.5. The van der Waals surface area contributed by atoms with Crippen LogP contribution in [0.25, 0.3) is 0 Å². The Hall–Kier alpha value is -1.80. The summed E-state index contributed by atoms with van der Waals surface area (Å²) in [5, 5.41) is 7.62. The van der Waals surface area contributed by atoms with Crippen LogP contribution in [0.2, 0.25) is 0 Å². The summed E-state index contributed by atoms with van der Waals surface area (Å²) in [6.45, 7) is 3.38. The minimum atomic E-state index is 0.596. The van der Waals surface area contributed by atoms with E-state index >= 15 is 0 Å². The Balaban J connectivity index is 1.96. The molecule has 2 aromatic rings. The van der Waals surface area contributed by atoms with E-state index in [1.165, 1.54) is 4.88 Å². The molecule has 25 heavy (non-hydrogen) atoms. The van der Waals surface area contributed by atoms with Crippen LogP contribution in [0.3, 0.4) is 0 Å². The van der Waals surface area contributed by atoms with Gasteiger partial charge in [-0.05, 0) is 24.1 Å². The topological polar surface area (TPSA) is 67.8 Å². The van der Waals surface area contributed by atoms with Gasteiger partial charge >= 0.3 is 0 Å². The maximum absolute atomic E-state index is 5.36. The molecule has 0 atom stereocenters. The van der Waals surface area contributed by atoms with Gasteiger partial charge in [0.05, 0.1) is 20.8 Å². The minimum Gasteiger partial charge on any atom is -0.493 e. The first-order valence-corrected chi connectivity index (χ1v) is 9.50. The summed E-state index contributed by atoms with van der Waals surface area (Å²) in [5.74, 6) is 2.10. The number of aliphatic imine (C=N–C) groups is 1. The number of nitrogens with zero attached hydrogens (tertiary/aromatic N) is 2. The predicted molar refractivity (Wildman–Crippen MR) is 106 cm³/mol. The quantitative estimate of drug-likeness (QED) is 0.524. The van der Waals surface area contributed by atoms with Crippen molar-refractivity contribution in [1.29, 1.82) is 0 Å². The van der Waals surface area contributed by atoms with E-state index in [-0.39, 0.29) is 0 Å². The zero-order valence-corrected chi connectivity index (χ0v) is 17.3. The smallest absolute Gasteiger partial charge is 0.191 e. The average Bonchev–Trinajstić information content (AvgIpc) is 3.10. The SMILES string of the molecule is CCc1cnc(CNC(=NC)NCc2cc(OC)c(OC)cc2Br)s1. The van der Waals surface area contributed by atoms with Crippen LogP contribution in [0.15, 0.2) is 27.8 Å². The highest BCUT2D eigenvalue weighted by molar-refractivity contribution is 9.10. The number of nitrogens with one attached hydrogen (secondary N) is 2. The van der Waals surface area contributed by atoms with Crippen LogP contribution in [-0.4, -0.2) is 32.2 Å². The lowest BCUT2D eigenvalue weighted by molar-refractivity contribution is 0.354. The van der Waals surface area contributed by atoms with Crippen molar-refractivity contribution >= 4 is 33.2 Å². The van der Waals surface area contributed by atoms with E-state index in [2.05, 4.69) is 43.5 Å². The molecule has 136 valence electrons. The van der Waals surface area contributed by atoms with Crippen LogP contribution >= 0.6 is 27.3 Å². The van der Waals surface area contributed by atoms with E-state index in [1.54, 1.807) is 32.6 Å². The second-order valence-corrected chi connectivity index (χ2v) is 7.21. The molecular weight excluding hydrogens is 404 g/mol. The van der Waals surface area contributed by atoms with Gasteiger partial charge in [-0.3, -0.25) is 4.99 Å². The average molecular weight is 427 g/mol. The standard InChI is InChI=1S/C17H23BrN4O2S/c1-5-12-9-20-16(25-12)10-22-17(19-2)21-8-11-6-14(23-3)15(24-4)7-13(11)18/h6-7,9H,5,8,10H2,1-4H3,(H2,19,21,22). The van der Waals surface area contributed by atoms with Crippen LogP contribution in [0.1, 0.15) is 22.4 Å². The van der Waals surface area contributed by atoms with Gasteiger partial charge < -0.3 is 20.1 Å².